The third-order valence-corrected chi connectivity index (χ3v) is 4.46. The quantitative estimate of drug-likeness (QED) is 0.613. The Morgan fingerprint density at radius 3 is 2.46 bits per heavy atom. The number of hydrogen-bond donors (Lipinski definition) is 1. The molecule has 0 fully saturated rings. The monoisotopic (exact) mass is 368 g/mol. The summed E-state index contributed by atoms with van der Waals surface area (Å²) < 4.78 is 2.60. The van der Waals surface area contributed by atoms with Crippen LogP contribution in [0, 0.1) is 11.7 Å². The van der Waals surface area contributed by atoms with E-state index < -0.39 is 0 Å². The number of H-pyrrole nitrogens is 1. The standard InChI is InChI=1S/C19H22N4S.C2H6/c1-5-14-7-6-8-15(12-14)18-20-21-19(24)23(18)16-9-10-17(22(3)4)13(2)11-16;1-2/h6-12H,5H2,1-4H3,(H,21,24);1-2H3. The molecule has 0 aliphatic rings. The van der Waals surface area contributed by atoms with Crippen molar-refractivity contribution >= 4 is 17.9 Å². The van der Waals surface area contributed by atoms with Gasteiger partial charge in [-0.25, -0.2) is 0 Å². The van der Waals surface area contributed by atoms with Crippen LogP contribution < -0.4 is 4.90 Å². The summed E-state index contributed by atoms with van der Waals surface area (Å²) in [6.07, 6.45) is 0.996. The summed E-state index contributed by atoms with van der Waals surface area (Å²) in [5.41, 5.74) is 5.77. The largest absolute Gasteiger partial charge is 0.377 e. The van der Waals surface area contributed by atoms with Gasteiger partial charge in [0.25, 0.3) is 0 Å². The summed E-state index contributed by atoms with van der Waals surface area (Å²) in [6.45, 7) is 8.26. The lowest BCUT2D eigenvalue weighted by Gasteiger charge is -2.17. The van der Waals surface area contributed by atoms with Gasteiger partial charge in [0.05, 0.1) is 5.69 Å². The highest BCUT2D eigenvalue weighted by Crippen LogP contribution is 2.26. The van der Waals surface area contributed by atoms with E-state index in [0.29, 0.717) is 4.77 Å². The normalized spacial score (nSPS) is 10.2. The maximum Gasteiger partial charge on any atom is 0.200 e. The van der Waals surface area contributed by atoms with Gasteiger partial charge in [0, 0.05) is 25.3 Å². The lowest BCUT2D eigenvalue weighted by atomic mass is 10.1. The van der Waals surface area contributed by atoms with Gasteiger partial charge in [-0.05, 0) is 61.0 Å². The van der Waals surface area contributed by atoms with Gasteiger partial charge in [-0.1, -0.05) is 39.0 Å². The molecule has 1 N–H and O–H groups in total. The predicted molar refractivity (Wildman–Crippen MR) is 114 cm³/mol. The van der Waals surface area contributed by atoms with E-state index >= 15 is 0 Å². The maximum absolute atomic E-state index is 5.48. The molecule has 0 aliphatic heterocycles. The van der Waals surface area contributed by atoms with Gasteiger partial charge in [0.2, 0.25) is 0 Å². The maximum atomic E-state index is 5.48. The van der Waals surface area contributed by atoms with Crippen molar-refractivity contribution < 1.29 is 0 Å². The Labute approximate surface area is 161 Å². The van der Waals surface area contributed by atoms with Crippen LogP contribution in [0.25, 0.3) is 17.1 Å². The molecular weight excluding hydrogens is 340 g/mol. The minimum absolute atomic E-state index is 0.601. The molecule has 0 unspecified atom stereocenters. The van der Waals surface area contributed by atoms with Crippen LogP contribution in [0.15, 0.2) is 42.5 Å². The summed E-state index contributed by atoms with van der Waals surface area (Å²) >= 11 is 5.48. The Hall–Kier alpha value is -2.40. The fourth-order valence-corrected chi connectivity index (χ4v) is 3.18. The average Bonchev–Trinajstić information content (AvgIpc) is 3.04. The van der Waals surface area contributed by atoms with Gasteiger partial charge < -0.3 is 4.90 Å². The molecule has 3 aromatic rings. The van der Waals surface area contributed by atoms with E-state index in [-0.39, 0.29) is 0 Å². The molecule has 2 aromatic carbocycles. The van der Waals surface area contributed by atoms with Gasteiger partial charge in [0.1, 0.15) is 0 Å². The molecule has 0 saturated heterocycles. The van der Waals surface area contributed by atoms with E-state index in [1.165, 1.54) is 16.8 Å². The van der Waals surface area contributed by atoms with E-state index in [2.05, 4.69) is 71.4 Å². The number of rotatable bonds is 4. The molecule has 0 aliphatic carbocycles. The van der Waals surface area contributed by atoms with E-state index in [1.807, 2.05) is 32.5 Å². The molecule has 138 valence electrons. The summed E-state index contributed by atoms with van der Waals surface area (Å²) in [4.78, 5) is 2.11. The van der Waals surface area contributed by atoms with Gasteiger partial charge >= 0.3 is 0 Å². The number of aromatic nitrogens is 3. The second-order valence-electron chi connectivity index (χ2n) is 6.11. The molecule has 0 spiro atoms. The van der Waals surface area contributed by atoms with Crippen molar-refractivity contribution in [3.8, 4) is 17.1 Å². The number of aromatic amines is 1. The molecule has 26 heavy (non-hydrogen) atoms. The molecule has 1 heterocycles. The predicted octanol–water partition coefficient (Wildman–Crippen LogP) is 5.56. The molecule has 0 saturated carbocycles. The first-order valence-corrected chi connectivity index (χ1v) is 9.47. The van der Waals surface area contributed by atoms with E-state index in [0.717, 1.165) is 23.5 Å². The fourth-order valence-electron chi connectivity index (χ4n) is 2.94. The summed E-state index contributed by atoms with van der Waals surface area (Å²) in [5.74, 6) is 0.840. The number of benzene rings is 2. The second kappa shape index (κ2) is 8.81. The van der Waals surface area contributed by atoms with Crippen LogP contribution in [-0.2, 0) is 6.42 Å². The van der Waals surface area contributed by atoms with Crippen LogP contribution in [0.4, 0.5) is 5.69 Å². The number of hydrogen-bond acceptors (Lipinski definition) is 3. The van der Waals surface area contributed by atoms with Crippen LogP contribution >= 0.6 is 12.2 Å². The zero-order valence-electron chi connectivity index (χ0n) is 16.5. The summed E-state index contributed by atoms with van der Waals surface area (Å²) in [5, 5.41) is 7.39. The van der Waals surface area contributed by atoms with Crippen molar-refractivity contribution in [2.45, 2.75) is 34.1 Å². The van der Waals surface area contributed by atoms with E-state index in [1.54, 1.807) is 0 Å². The van der Waals surface area contributed by atoms with Crippen molar-refractivity contribution in [3.05, 3.63) is 58.4 Å². The van der Waals surface area contributed by atoms with Crippen LogP contribution in [-0.4, -0.2) is 28.9 Å². The topological polar surface area (TPSA) is 36.9 Å². The van der Waals surface area contributed by atoms with Crippen molar-refractivity contribution in [1.82, 2.24) is 14.8 Å². The molecule has 5 heteroatoms. The van der Waals surface area contributed by atoms with Crippen LogP contribution in [0.5, 0.6) is 0 Å². The Balaban J connectivity index is 0.00000117. The number of aryl methyl sites for hydroxylation is 2. The third-order valence-electron chi connectivity index (χ3n) is 4.19. The molecule has 0 atom stereocenters. The molecule has 4 nitrogen and oxygen atoms in total. The highest BCUT2D eigenvalue weighted by Gasteiger charge is 2.12. The van der Waals surface area contributed by atoms with Gasteiger partial charge in [-0.15, -0.1) is 0 Å². The van der Waals surface area contributed by atoms with Crippen LogP contribution in [0.3, 0.4) is 0 Å². The SMILES string of the molecule is CC.CCc1cccc(-c2n[nH]c(=S)n2-c2ccc(N(C)C)c(C)c2)c1. The molecular formula is C21H28N4S. The highest BCUT2D eigenvalue weighted by molar-refractivity contribution is 7.71. The highest BCUT2D eigenvalue weighted by atomic mass is 32.1. The lowest BCUT2D eigenvalue weighted by molar-refractivity contribution is 1.03. The van der Waals surface area contributed by atoms with Crippen molar-refractivity contribution in [2.75, 3.05) is 19.0 Å². The molecule has 0 amide bonds. The van der Waals surface area contributed by atoms with Gasteiger partial charge in [-0.2, -0.15) is 5.10 Å². The average molecular weight is 369 g/mol. The van der Waals surface area contributed by atoms with Gasteiger partial charge in [0.15, 0.2) is 10.6 Å². The van der Waals surface area contributed by atoms with Crippen LogP contribution in [0.2, 0.25) is 0 Å². The Morgan fingerprint density at radius 1 is 1.12 bits per heavy atom. The molecule has 3 rings (SSSR count). The van der Waals surface area contributed by atoms with Crippen LogP contribution in [0.1, 0.15) is 31.9 Å². The summed E-state index contributed by atoms with van der Waals surface area (Å²) in [7, 11) is 4.10. The fraction of sp³-hybridized carbons (Fsp3) is 0.333. The van der Waals surface area contributed by atoms with E-state index in [4.69, 9.17) is 12.2 Å². The Bertz CT molecular complexity index is 922. The lowest BCUT2D eigenvalue weighted by Crippen LogP contribution is -2.10. The van der Waals surface area contributed by atoms with E-state index in [9.17, 15) is 0 Å². The minimum atomic E-state index is 0.601. The Morgan fingerprint density at radius 2 is 1.85 bits per heavy atom. The van der Waals surface area contributed by atoms with Crippen molar-refractivity contribution in [1.29, 1.82) is 0 Å². The first-order chi connectivity index (χ1) is 12.5. The third kappa shape index (κ3) is 4.05. The molecule has 0 bridgehead atoms. The molecule has 0 radical (unpaired) electrons. The zero-order chi connectivity index (χ0) is 19.3. The first kappa shape index (κ1) is 19.9. The zero-order valence-corrected chi connectivity index (χ0v) is 17.3. The second-order valence-corrected chi connectivity index (χ2v) is 6.49. The summed E-state index contributed by atoms with van der Waals surface area (Å²) in [6, 6.07) is 14.8. The van der Waals surface area contributed by atoms with Crippen molar-refractivity contribution in [3.63, 3.8) is 0 Å². The smallest absolute Gasteiger partial charge is 0.200 e. The number of anilines is 1. The Kier molecular flexibility index (Phi) is 6.75. The van der Waals surface area contributed by atoms with Gasteiger partial charge in [-0.3, -0.25) is 9.67 Å². The molecule has 1 aromatic heterocycles. The number of nitrogens with zero attached hydrogens (tertiary/aromatic N) is 3. The minimum Gasteiger partial charge on any atom is -0.377 e. The van der Waals surface area contributed by atoms with Crippen molar-refractivity contribution in [2.24, 2.45) is 0 Å². The first-order valence-electron chi connectivity index (χ1n) is 9.06. The number of nitrogens with one attached hydrogen (secondary N) is 1.